The third-order valence-corrected chi connectivity index (χ3v) is 7.20. The molecule has 1 aliphatic rings. The molecule has 0 saturated carbocycles. The summed E-state index contributed by atoms with van der Waals surface area (Å²) in [5.74, 6) is -0.0401. The standard InChI is InChI=1S/C19H22N2O6S2/c1-26-19(23)18-16(8-12-28-18)29(24,25)20-13-14-6-9-21(10-7-14)17(22)5-4-15-3-2-11-27-15/h2-5,8,11-12,14,20H,6-7,9-10,13H2,1H3/b5-4+. The summed E-state index contributed by atoms with van der Waals surface area (Å²) in [7, 11) is -2.60. The van der Waals surface area contributed by atoms with Crippen molar-refractivity contribution in [3.05, 3.63) is 46.6 Å². The third-order valence-electron chi connectivity index (χ3n) is 4.71. The maximum atomic E-state index is 12.6. The Bertz CT molecular complexity index is 970. The number of nitrogens with zero attached hydrogens (tertiary/aromatic N) is 1. The molecule has 0 bridgehead atoms. The number of sulfonamides is 1. The van der Waals surface area contributed by atoms with Crippen molar-refractivity contribution in [2.45, 2.75) is 17.7 Å². The van der Waals surface area contributed by atoms with Gasteiger partial charge in [0.2, 0.25) is 15.9 Å². The van der Waals surface area contributed by atoms with E-state index in [0.29, 0.717) is 31.7 Å². The van der Waals surface area contributed by atoms with Gasteiger partial charge < -0.3 is 14.1 Å². The van der Waals surface area contributed by atoms with Gasteiger partial charge in [0.1, 0.15) is 15.5 Å². The van der Waals surface area contributed by atoms with Gasteiger partial charge in [0.05, 0.1) is 13.4 Å². The summed E-state index contributed by atoms with van der Waals surface area (Å²) in [5.41, 5.74) is 0. The quantitative estimate of drug-likeness (QED) is 0.525. The molecule has 0 aliphatic carbocycles. The van der Waals surface area contributed by atoms with E-state index in [0.717, 1.165) is 11.3 Å². The fraction of sp³-hybridized carbons (Fsp3) is 0.368. The van der Waals surface area contributed by atoms with Crippen LogP contribution in [0.5, 0.6) is 0 Å². The molecule has 1 amide bonds. The number of nitrogens with one attached hydrogen (secondary N) is 1. The van der Waals surface area contributed by atoms with Crippen molar-refractivity contribution in [1.82, 2.24) is 9.62 Å². The minimum atomic E-state index is -3.81. The fourth-order valence-corrected chi connectivity index (χ4v) is 5.51. The molecular formula is C19H22N2O6S2. The number of rotatable bonds is 7. The maximum absolute atomic E-state index is 12.6. The van der Waals surface area contributed by atoms with Gasteiger partial charge in [-0.2, -0.15) is 0 Å². The average molecular weight is 439 g/mol. The number of amides is 1. The highest BCUT2D eigenvalue weighted by Crippen LogP contribution is 2.24. The first-order valence-corrected chi connectivity index (χ1v) is 11.4. The van der Waals surface area contributed by atoms with Crippen LogP contribution in [0, 0.1) is 5.92 Å². The highest BCUT2D eigenvalue weighted by Gasteiger charge is 2.27. The topological polar surface area (TPSA) is 106 Å². The Hall–Kier alpha value is -2.43. The predicted octanol–water partition coefficient (Wildman–Crippen LogP) is 2.36. The summed E-state index contributed by atoms with van der Waals surface area (Å²) in [6, 6.07) is 4.91. The van der Waals surface area contributed by atoms with Crippen LogP contribution in [0.2, 0.25) is 0 Å². The number of methoxy groups -OCH3 is 1. The number of hydrogen-bond donors (Lipinski definition) is 1. The van der Waals surface area contributed by atoms with Gasteiger partial charge in [-0.25, -0.2) is 17.9 Å². The maximum Gasteiger partial charge on any atom is 0.349 e. The van der Waals surface area contributed by atoms with Gasteiger partial charge in [-0.3, -0.25) is 4.79 Å². The van der Waals surface area contributed by atoms with E-state index < -0.39 is 16.0 Å². The molecule has 0 unspecified atom stereocenters. The van der Waals surface area contributed by atoms with Gasteiger partial charge in [0, 0.05) is 25.7 Å². The zero-order chi connectivity index (χ0) is 20.9. The van der Waals surface area contributed by atoms with Crippen LogP contribution >= 0.6 is 11.3 Å². The largest absolute Gasteiger partial charge is 0.465 e. The molecule has 0 atom stereocenters. The molecule has 0 spiro atoms. The molecule has 10 heteroatoms. The lowest BCUT2D eigenvalue weighted by Crippen LogP contribution is -2.41. The Morgan fingerprint density at radius 2 is 2.10 bits per heavy atom. The lowest BCUT2D eigenvalue weighted by Gasteiger charge is -2.31. The number of thiophene rings is 1. The van der Waals surface area contributed by atoms with Crippen LogP contribution in [0.1, 0.15) is 28.3 Å². The Balaban J connectivity index is 1.50. The molecule has 1 saturated heterocycles. The molecule has 2 aromatic rings. The Morgan fingerprint density at radius 3 is 2.76 bits per heavy atom. The third kappa shape index (κ3) is 5.34. The van der Waals surface area contributed by atoms with E-state index in [1.54, 1.807) is 34.8 Å². The second-order valence-electron chi connectivity index (χ2n) is 6.57. The van der Waals surface area contributed by atoms with Gasteiger partial charge in [-0.15, -0.1) is 11.3 Å². The lowest BCUT2D eigenvalue weighted by atomic mass is 9.97. The van der Waals surface area contributed by atoms with E-state index in [1.807, 2.05) is 0 Å². The Morgan fingerprint density at radius 1 is 1.34 bits per heavy atom. The molecular weight excluding hydrogens is 416 g/mol. The monoisotopic (exact) mass is 438 g/mol. The molecule has 156 valence electrons. The SMILES string of the molecule is COC(=O)c1sccc1S(=O)(=O)NCC1CCN(C(=O)/C=C/c2ccco2)CC1. The Kier molecular flexibility index (Phi) is 6.88. The van der Waals surface area contributed by atoms with Crippen LogP contribution in [0.4, 0.5) is 0 Å². The average Bonchev–Trinajstić information content (AvgIpc) is 3.42. The van der Waals surface area contributed by atoms with Crippen molar-refractivity contribution >= 4 is 39.3 Å². The number of furan rings is 1. The van der Waals surface area contributed by atoms with Crippen molar-refractivity contribution in [3.8, 4) is 0 Å². The second-order valence-corrected chi connectivity index (χ2v) is 9.23. The molecule has 2 aromatic heterocycles. The summed E-state index contributed by atoms with van der Waals surface area (Å²) in [5, 5.41) is 1.54. The number of esters is 1. The van der Waals surface area contributed by atoms with E-state index >= 15 is 0 Å². The van der Waals surface area contributed by atoms with E-state index in [-0.39, 0.29) is 28.1 Å². The van der Waals surface area contributed by atoms with Crippen molar-refractivity contribution in [1.29, 1.82) is 0 Å². The van der Waals surface area contributed by atoms with E-state index in [9.17, 15) is 18.0 Å². The van der Waals surface area contributed by atoms with E-state index in [1.165, 1.54) is 19.3 Å². The number of carbonyl (C=O) groups is 2. The van der Waals surface area contributed by atoms with E-state index in [2.05, 4.69) is 9.46 Å². The van der Waals surface area contributed by atoms with Gasteiger partial charge in [0.15, 0.2) is 0 Å². The van der Waals surface area contributed by atoms with Gasteiger partial charge in [-0.05, 0) is 48.4 Å². The molecule has 3 rings (SSSR count). The van der Waals surface area contributed by atoms with E-state index in [4.69, 9.17) is 4.42 Å². The molecule has 1 N–H and O–H groups in total. The molecule has 0 radical (unpaired) electrons. The molecule has 3 heterocycles. The van der Waals surface area contributed by atoms with Crippen LogP contribution in [-0.2, 0) is 19.6 Å². The summed E-state index contributed by atoms with van der Waals surface area (Å²) >= 11 is 1.03. The van der Waals surface area contributed by atoms with Crippen molar-refractivity contribution in [2.24, 2.45) is 5.92 Å². The van der Waals surface area contributed by atoms with Gasteiger partial charge >= 0.3 is 5.97 Å². The normalized spacial score (nSPS) is 15.7. The van der Waals surface area contributed by atoms with Gasteiger partial charge in [-0.1, -0.05) is 0 Å². The number of carbonyl (C=O) groups excluding carboxylic acids is 2. The molecule has 1 fully saturated rings. The summed E-state index contributed by atoms with van der Waals surface area (Å²) in [6.07, 6.45) is 6.03. The van der Waals surface area contributed by atoms with Crippen molar-refractivity contribution in [2.75, 3.05) is 26.7 Å². The lowest BCUT2D eigenvalue weighted by molar-refractivity contribution is -0.127. The van der Waals surface area contributed by atoms with Crippen LogP contribution < -0.4 is 4.72 Å². The van der Waals surface area contributed by atoms with Crippen molar-refractivity contribution in [3.63, 3.8) is 0 Å². The molecule has 1 aliphatic heterocycles. The van der Waals surface area contributed by atoms with Crippen LogP contribution in [-0.4, -0.2) is 51.9 Å². The smallest absolute Gasteiger partial charge is 0.349 e. The number of likely N-dealkylation sites (tertiary alicyclic amines) is 1. The number of ether oxygens (including phenoxy) is 1. The second kappa shape index (κ2) is 9.38. The first kappa shape index (κ1) is 21.3. The van der Waals surface area contributed by atoms with Gasteiger partial charge in [0.25, 0.3) is 0 Å². The predicted molar refractivity (Wildman–Crippen MR) is 108 cm³/mol. The van der Waals surface area contributed by atoms with Crippen LogP contribution in [0.3, 0.4) is 0 Å². The minimum absolute atomic E-state index is 0.0590. The van der Waals surface area contributed by atoms with Crippen LogP contribution in [0.15, 0.2) is 45.2 Å². The van der Waals surface area contributed by atoms with Crippen LogP contribution in [0.25, 0.3) is 6.08 Å². The zero-order valence-corrected chi connectivity index (χ0v) is 17.5. The highest BCUT2D eigenvalue weighted by atomic mass is 32.2. The first-order chi connectivity index (χ1) is 13.9. The number of piperidine rings is 1. The minimum Gasteiger partial charge on any atom is -0.465 e. The molecule has 0 aromatic carbocycles. The zero-order valence-electron chi connectivity index (χ0n) is 15.9. The number of hydrogen-bond acceptors (Lipinski definition) is 7. The summed E-state index contributed by atoms with van der Waals surface area (Å²) in [4.78, 5) is 25.7. The first-order valence-electron chi connectivity index (χ1n) is 9.06. The summed E-state index contributed by atoms with van der Waals surface area (Å²) in [6.45, 7) is 1.36. The Labute approximate surface area is 173 Å². The molecule has 29 heavy (non-hydrogen) atoms. The van der Waals surface area contributed by atoms with Crippen molar-refractivity contribution < 1.29 is 27.2 Å². The summed E-state index contributed by atoms with van der Waals surface area (Å²) < 4.78 is 37.5. The fourth-order valence-electron chi connectivity index (χ4n) is 3.06. The highest BCUT2D eigenvalue weighted by molar-refractivity contribution is 7.89. The molecule has 8 nitrogen and oxygen atoms in total.